The average molecular weight is 441 g/mol. The molecule has 0 aromatic carbocycles. The van der Waals surface area contributed by atoms with E-state index in [-0.39, 0.29) is 30.9 Å². The van der Waals surface area contributed by atoms with Crippen LogP contribution < -0.4 is 10.6 Å². The largest absolute Gasteiger partial charge is 0.466 e. The Morgan fingerprint density at radius 3 is 2.77 bits per heavy atom. The molecule has 0 bridgehead atoms. The maximum absolute atomic E-state index is 12.5. The number of alkyl carbamates (subject to hydrolysis) is 1. The number of anilines is 1. The lowest BCUT2D eigenvalue weighted by Crippen LogP contribution is -2.49. The molecule has 30 heavy (non-hydrogen) atoms. The second-order valence-corrected chi connectivity index (χ2v) is 9.03. The number of hydrogen-bond donors (Lipinski definition) is 2. The molecule has 2 amide bonds. The summed E-state index contributed by atoms with van der Waals surface area (Å²) in [5, 5.41) is 7.79. The van der Waals surface area contributed by atoms with Gasteiger partial charge in [-0.25, -0.2) is 9.78 Å². The molecule has 1 aromatic heterocycles. The lowest BCUT2D eigenvalue weighted by molar-refractivity contribution is -0.142. The number of ether oxygens (including phenoxy) is 2. The molecule has 10 heteroatoms. The number of carbonyl (C=O) groups is 3. The van der Waals surface area contributed by atoms with Crippen LogP contribution in [0.5, 0.6) is 0 Å². The van der Waals surface area contributed by atoms with Gasteiger partial charge < -0.3 is 20.1 Å². The number of thiazole rings is 1. The van der Waals surface area contributed by atoms with Crippen LogP contribution in [0.3, 0.4) is 0 Å². The molecule has 0 aliphatic carbocycles. The van der Waals surface area contributed by atoms with Gasteiger partial charge in [-0.05, 0) is 47.1 Å². The molecule has 1 aromatic rings. The number of esters is 1. The summed E-state index contributed by atoms with van der Waals surface area (Å²) in [6.07, 6.45) is 2.61. The summed E-state index contributed by atoms with van der Waals surface area (Å²) >= 11 is 1.28. The first-order valence-corrected chi connectivity index (χ1v) is 11.1. The molecule has 9 nitrogen and oxygen atoms in total. The van der Waals surface area contributed by atoms with Crippen LogP contribution in [0, 0.1) is 0 Å². The zero-order valence-corrected chi connectivity index (χ0v) is 19.0. The molecule has 2 heterocycles. The first kappa shape index (κ1) is 24.1. The summed E-state index contributed by atoms with van der Waals surface area (Å²) in [5.74, 6) is -0.509. The van der Waals surface area contributed by atoms with Crippen molar-refractivity contribution in [2.24, 2.45) is 0 Å². The highest BCUT2D eigenvalue weighted by molar-refractivity contribution is 7.13. The summed E-state index contributed by atoms with van der Waals surface area (Å²) in [6, 6.07) is 0.0766. The highest BCUT2D eigenvalue weighted by Crippen LogP contribution is 2.19. The number of nitrogens with one attached hydrogen (secondary N) is 2. The topological polar surface area (TPSA) is 110 Å². The van der Waals surface area contributed by atoms with Gasteiger partial charge in [0.15, 0.2) is 5.13 Å². The van der Waals surface area contributed by atoms with Crippen LogP contribution in [0.1, 0.15) is 52.7 Å². The third-order valence-electron chi connectivity index (χ3n) is 4.41. The zero-order chi connectivity index (χ0) is 22.1. The molecule has 0 spiro atoms. The van der Waals surface area contributed by atoms with E-state index in [0.717, 1.165) is 25.8 Å². The van der Waals surface area contributed by atoms with Crippen LogP contribution in [-0.4, -0.2) is 65.7 Å². The van der Waals surface area contributed by atoms with Crippen molar-refractivity contribution in [3.63, 3.8) is 0 Å². The Labute approximate surface area is 181 Å². The van der Waals surface area contributed by atoms with Crippen molar-refractivity contribution in [3.05, 3.63) is 11.1 Å². The fraction of sp³-hybridized carbons (Fsp3) is 0.700. The van der Waals surface area contributed by atoms with Crippen molar-refractivity contribution in [1.82, 2.24) is 15.2 Å². The second kappa shape index (κ2) is 11.3. The predicted molar refractivity (Wildman–Crippen MR) is 115 cm³/mol. The number of amides is 2. The van der Waals surface area contributed by atoms with E-state index in [2.05, 4.69) is 20.5 Å². The third-order valence-corrected chi connectivity index (χ3v) is 5.21. The van der Waals surface area contributed by atoms with Gasteiger partial charge in [-0.15, -0.1) is 11.3 Å². The Kier molecular flexibility index (Phi) is 9.04. The Hall–Kier alpha value is -2.20. The Balaban J connectivity index is 1.83. The number of aromatic nitrogens is 1. The van der Waals surface area contributed by atoms with Gasteiger partial charge in [-0.1, -0.05) is 6.42 Å². The molecule has 0 radical (unpaired) electrons. The third kappa shape index (κ3) is 8.66. The van der Waals surface area contributed by atoms with Crippen LogP contribution in [0.15, 0.2) is 5.38 Å². The molecule has 1 aliphatic rings. The van der Waals surface area contributed by atoms with Gasteiger partial charge in [0.2, 0.25) is 5.91 Å². The Morgan fingerprint density at radius 1 is 1.30 bits per heavy atom. The van der Waals surface area contributed by atoms with E-state index in [1.165, 1.54) is 11.3 Å². The molecule has 0 saturated carbocycles. The smallest absolute Gasteiger partial charge is 0.407 e. The van der Waals surface area contributed by atoms with Crippen LogP contribution in [0.2, 0.25) is 0 Å². The van der Waals surface area contributed by atoms with Gasteiger partial charge in [0.1, 0.15) is 5.60 Å². The van der Waals surface area contributed by atoms with Gasteiger partial charge in [0.05, 0.1) is 25.3 Å². The van der Waals surface area contributed by atoms with E-state index >= 15 is 0 Å². The predicted octanol–water partition coefficient (Wildman–Crippen LogP) is 2.57. The van der Waals surface area contributed by atoms with Gasteiger partial charge in [-0.2, -0.15) is 0 Å². The molecule has 1 saturated heterocycles. The fourth-order valence-corrected chi connectivity index (χ4v) is 3.89. The number of likely N-dealkylation sites (tertiary alicyclic amines) is 1. The number of hydrogen-bond acceptors (Lipinski definition) is 8. The van der Waals surface area contributed by atoms with Gasteiger partial charge >= 0.3 is 12.1 Å². The zero-order valence-electron chi connectivity index (χ0n) is 18.2. The number of carbonyl (C=O) groups excluding carboxylic acids is 3. The van der Waals surface area contributed by atoms with E-state index in [1.807, 2.05) is 20.8 Å². The molecule has 0 unspecified atom stereocenters. The first-order chi connectivity index (χ1) is 14.2. The standard InChI is InChI=1S/C20H32N4O5S/c1-5-28-17(26)10-14-13-30-18(22-14)23-16(25)12-24-9-7-6-8-15(24)11-21-19(27)29-20(2,3)4/h13,15H,5-12H2,1-4H3,(H,21,27)(H,22,23,25)/t15-/m0/s1. The lowest BCUT2D eigenvalue weighted by Gasteiger charge is -2.35. The van der Waals surface area contributed by atoms with Gasteiger partial charge in [0, 0.05) is 18.0 Å². The average Bonchev–Trinajstić information content (AvgIpc) is 3.06. The molecule has 1 fully saturated rings. The minimum Gasteiger partial charge on any atom is -0.466 e. The van der Waals surface area contributed by atoms with Crippen LogP contribution in [0.25, 0.3) is 0 Å². The van der Waals surface area contributed by atoms with Crippen LogP contribution in [-0.2, 0) is 25.5 Å². The number of nitrogens with zero attached hydrogens (tertiary/aromatic N) is 2. The summed E-state index contributed by atoms with van der Waals surface area (Å²) < 4.78 is 10.2. The van der Waals surface area contributed by atoms with Gasteiger partial charge in [-0.3, -0.25) is 14.5 Å². The summed E-state index contributed by atoms with van der Waals surface area (Å²) in [6.45, 7) is 8.98. The Bertz CT molecular complexity index is 731. The summed E-state index contributed by atoms with van der Waals surface area (Å²) in [4.78, 5) is 42.3. The molecule has 1 atom stereocenters. The number of piperidine rings is 1. The molecular weight excluding hydrogens is 408 g/mol. The van der Waals surface area contributed by atoms with Crippen molar-refractivity contribution in [2.45, 2.75) is 65.0 Å². The minimum absolute atomic E-state index is 0.0766. The van der Waals surface area contributed by atoms with E-state index in [1.54, 1.807) is 12.3 Å². The van der Waals surface area contributed by atoms with E-state index in [9.17, 15) is 14.4 Å². The summed E-state index contributed by atoms with van der Waals surface area (Å²) in [5.41, 5.74) is 0.0296. The highest BCUT2D eigenvalue weighted by atomic mass is 32.1. The number of rotatable bonds is 8. The minimum atomic E-state index is -0.546. The quantitative estimate of drug-likeness (QED) is 0.598. The Morgan fingerprint density at radius 2 is 2.07 bits per heavy atom. The maximum atomic E-state index is 12.5. The molecule has 1 aliphatic heterocycles. The fourth-order valence-electron chi connectivity index (χ4n) is 3.16. The van der Waals surface area contributed by atoms with E-state index in [4.69, 9.17) is 9.47 Å². The van der Waals surface area contributed by atoms with Crippen molar-refractivity contribution >= 4 is 34.4 Å². The van der Waals surface area contributed by atoms with Crippen molar-refractivity contribution in [3.8, 4) is 0 Å². The van der Waals surface area contributed by atoms with Crippen LogP contribution in [0.4, 0.5) is 9.93 Å². The molecule has 2 N–H and O–H groups in total. The SMILES string of the molecule is CCOC(=O)Cc1csc(NC(=O)CN2CCCC[C@H]2CNC(=O)OC(C)(C)C)n1. The maximum Gasteiger partial charge on any atom is 0.407 e. The monoisotopic (exact) mass is 440 g/mol. The van der Waals surface area contributed by atoms with E-state index in [0.29, 0.717) is 24.0 Å². The van der Waals surface area contributed by atoms with Crippen molar-refractivity contribution in [2.75, 3.05) is 31.6 Å². The molecular formula is C20H32N4O5S. The summed E-state index contributed by atoms with van der Waals surface area (Å²) in [7, 11) is 0. The second-order valence-electron chi connectivity index (χ2n) is 8.18. The van der Waals surface area contributed by atoms with Gasteiger partial charge in [0.25, 0.3) is 0 Å². The molecule has 168 valence electrons. The van der Waals surface area contributed by atoms with E-state index < -0.39 is 11.7 Å². The van der Waals surface area contributed by atoms with Crippen molar-refractivity contribution in [1.29, 1.82) is 0 Å². The first-order valence-electron chi connectivity index (χ1n) is 10.3. The normalized spacial score (nSPS) is 17.3. The van der Waals surface area contributed by atoms with Crippen LogP contribution >= 0.6 is 11.3 Å². The van der Waals surface area contributed by atoms with Crippen molar-refractivity contribution < 1.29 is 23.9 Å². The molecule has 2 rings (SSSR count). The highest BCUT2D eigenvalue weighted by Gasteiger charge is 2.26. The lowest BCUT2D eigenvalue weighted by atomic mass is 10.0.